The number of carbonyl (C=O) groups excluding carboxylic acids is 2. The van der Waals surface area contributed by atoms with Crippen molar-refractivity contribution in [3.05, 3.63) is 24.3 Å². The van der Waals surface area contributed by atoms with Crippen LogP contribution in [0.25, 0.3) is 0 Å². The summed E-state index contributed by atoms with van der Waals surface area (Å²) in [5.41, 5.74) is 0.339. The average Bonchev–Trinajstić information content (AvgIpc) is 3.34. The number of nitrogens with one attached hydrogen (secondary N) is 1. The van der Waals surface area contributed by atoms with Crippen molar-refractivity contribution in [3.63, 3.8) is 0 Å². The maximum Gasteiger partial charge on any atom is 0.573 e. The second-order valence-corrected chi connectivity index (χ2v) is 8.84. The molecule has 3 rings (SSSR count). The van der Waals surface area contributed by atoms with E-state index in [0.717, 1.165) is 25.0 Å². The molecule has 12 heteroatoms. The molecule has 29 heavy (non-hydrogen) atoms. The molecule has 0 aliphatic heterocycles. The summed E-state index contributed by atoms with van der Waals surface area (Å²) in [7, 11) is 0. The van der Waals surface area contributed by atoms with Crippen LogP contribution in [0.3, 0.4) is 0 Å². The molecular formula is C17H17F3N4O3S2. The van der Waals surface area contributed by atoms with Crippen molar-refractivity contribution in [1.82, 2.24) is 10.2 Å². The number of halogens is 3. The van der Waals surface area contributed by atoms with Crippen LogP contribution in [0.2, 0.25) is 0 Å². The number of carbonyl (C=O) groups is 2. The summed E-state index contributed by atoms with van der Waals surface area (Å²) in [6.45, 7) is 3.15. The van der Waals surface area contributed by atoms with Gasteiger partial charge in [-0.2, -0.15) is 0 Å². The lowest BCUT2D eigenvalue weighted by molar-refractivity contribution is -0.274. The van der Waals surface area contributed by atoms with Crippen molar-refractivity contribution in [1.29, 1.82) is 0 Å². The zero-order valence-electron chi connectivity index (χ0n) is 15.4. The van der Waals surface area contributed by atoms with Gasteiger partial charge in [0, 0.05) is 18.7 Å². The van der Waals surface area contributed by atoms with E-state index in [0.29, 0.717) is 15.2 Å². The molecule has 156 valence electrons. The lowest BCUT2D eigenvalue weighted by Crippen LogP contribution is -2.30. The molecular weight excluding hydrogens is 429 g/mol. The summed E-state index contributed by atoms with van der Waals surface area (Å²) in [6.07, 6.45) is -2.89. The number of anilines is 2. The first-order valence-corrected chi connectivity index (χ1v) is 10.3. The molecule has 1 aromatic carbocycles. The number of benzene rings is 1. The molecule has 1 atom stereocenters. The summed E-state index contributed by atoms with van der Waals surface area (Å²) < 4.78 is 40.9. The Morgan fingerprint density at radius 1 is 1.28 bits per heavy atom. The minimum Gasteiger partial charge on any atom is -0.406 e. The topological polar surface area (TPSA) is 84.4 Å². The molecule has 1 N–H and O–H groups in total. The third-order valence-electron chi connectivity index (χ3n) is 3.86. The van der Waals surface area contributed by atoms with Crippen molar-refractivity contribution in [3.8, 4) is 5.75 Å². The smallest absolute Gasteiger partial charge is 0.406 e. The predicted molar refractivity (Wildman–Crippen MR) is 103 cm³/mol. The molecule has 0 saturated heterocycles. The fraction of sp³-hybridized carbons (Fsp3) is 0.412. The standard InChI is InChI=1S/C17H17F3N4O3S2/c1-9(14(26)21-11-3-7-13(8-4-11)27-17(18,19)20)28-16-23-22-15(29-16)24(10(2)25)12-5-6-12/h3-4,7-9,12H,5-6H2,1-2H3,(H,21,26)/t9-/m1/s1. The van der Waals surface area contributed by atoms with Gasteiger partial charge < -0.3 is 10.1 Å². The van der Waals surface area contributed by atoms with E-state index in [1.807, 2.05) is 0 Å². The Morgan fingerprint density at radius 2 is 1.93 bits per heavy atom. The summed E-state index contributed by atoms with van der Waals surface area (Å²) in [4.78, 5) is 25.8. The van der Waals surface area contributed by atoms with Crippen molar-refractivity contribution in [2.75, 3.05) is 10.2 Å². The monoisotopic (exact) mass is 446 g/mol. The Morgan fingerprint density at radius 3 is 2.48 bits per heavy atom. The highest BCUT2D eigenvalue weighted by atomic mass is 32.2. The van der Waals surface area contributed by atoms with E-state index in [-0.39, 0.29) is 23.6 Å². The van der Waals surface area contributed by atoms with Crippen molar-refractivity contribution < 1.29 is 27.5 Å². The van der Waals surface area contributed by atoms with Gasteiger partial charge in [0.1, 0.15) is 5.75 Å². The Hall–Kier alpha value is -2.34. The first-order valence-electron chi connectivity index (χ1n) is 8.59. The molecule has 0 unspecified atom stereocenters. The van der Waals surface area contributed by atoms with E-state index < -0.39 is 11.6 Å². The summed E-state index contributed by atoms with van der Waals surface area (Å²) >= 11 is 2.43. The van der Waals surface area contributed by atoms with E-state index in [9.17, 15) is 22.8 Å². The predicted octanol–water partition coefficient (Wildman–Crippen LogP) is 4.07. The number of alkyl halides is 3. The molecule has 1 aliphatic carbocycles. The molecule has 1 fully saturated rings. The number of amides is 2. The van der Waals surface area contributed by atoms with Gasteiger partial charge in [-0.1, -0.05) is 23.1 Å². The number of rotatable bonds is 7. The van der Waals surface area contributed by atoms with Crippen LogP contribution in [0.4, 0.5) is 24.0 Å². The van der Waals surface area contributed by atoms with Gasteiger partial charge in [0.2, 0.25) is 16.9 Å². The van der Waals surface area contributed by atoms with Gasteiger partial charge in [-0.05, 0) is 44.0 Å². The highest BCUT2D eigenvalue weighted by Gasteiger charge is 2.34. The number of nitrogens with zero attached hydrogens (tertiary/aromatic N) is 3. The molecule has 1 saturated carbocycles. The fourth-order valence-corrected chi connectivity index (χ4v) is 4.52. The average molecular weight is 446 g/mol. The quantitative estimate of drug-likeness (QED) is 0.510. The third kappa shape index (κ3) is 6.07. The molecule has 0 spiro atoms. The lowest BCUT2D eigenvalue weighted by atomic mass is 10.3. The molecule has 2 aromatic rings. The largest absolute Gasteiger partial charge is 0.573 e. The maximum absolute atomic E-state index is 12.3. The summed E-state index contributed by atoms with van der Waals surface area (Å²) in [5.74, 6) is -0.809. The highest BCUT2D eigenvalue weighted by molar-refractivity contribution is 8.02. The van der Waals surface area contributed by atoms with Crippen LogP contribution in [0, 0.1) is 0 Å². The second kappa shape index (κ2) is 8.57. The van der Waals surface area contributed by atoms with E-state index in [4.69, 9.17) is 0 Å². The van der Waals surface area contributed by atoms with Crippen LogP contribution >= 0.6 is 23.1 Å². The van der Waals surface area contributed by atoms with Crippen molar-refractivity contribution in [2.24, 2.45) is 0 Å². The minimum absolute atomic E-state index is 0.0936. The van der Waals surface area contributed by atoms with Gasteiger partial charge >= 0.3 is 6.36 Å². The molecule has 2 amide bonds. The Bertz CT molecular complexity index is 885. The first-order chi connectivity index (χ1) is 13.6. The Kier molecular flexibility index (Phi) is 6.32. The van der Waals surface area contributed by atoms with Crippen LogP contribution in [-0.2, 0) is 9.59 Å². The third-order valence-corrected chi connectivity index (χ3v) is 5.96. The molecule has 0 bridgehead atoms. The summed E-state index contributed by atoms with van der Waals surface area (Å²) in [6, 6.07) is 5.04. The summed E-state index contributed by atoms with van der Waals surface area (Å²) in [5, 5.41) is 10.7. The van der Waals surface area contributed by atoms with Crippen molar-refractivity contribution >= 4 is 45.7 Å². The molecule has 1 aliphatic rings. The fourth-order valence-electron chi connectivity index (χ4n) is 2.42. The minimum atomic E-state index is -4.77. The van der Waals surface area contributed by atoms with Gasteiger partial charge in [-0.25, -0.2) is 0 Å². The number of thioether (sulfide) groups is 1. The maximum atomic E-state index is 12.3. The van der Waals surface area contributed by atoms with E-state index in [1.165, 1.54) is 42.2 Å². The normalized spacial score (nSPS) is 14.9. The van der Waals surface area contributed by atoms with Crippen LogP contribution in [0.5, 0.6) is 5.75 Å². The number of ether oxygens (including phenoxy) is 1. The van der Waals surface area contributed by atoms with Gasteiger partial charge in [-0.15, -0.1) is 23.4 Å². The first kappa shape index (κ1) is 21.4. The second-order valence-electron chi connectivity index (χ2n) is 6.29. The van der Waals surface area contributed by atoms with Gasteiger partial charge in [0.25, 0.3) is 0 Å². The number of hydrogen-bond donors (Lipinski definition) is 1. The van der Waals surface area contributed by atoms with Crippen LogP contribution < -0.4 is 15.0 Å². The zero-order chi connectivity index (χ0) is 21.2. The molecule has 0 radical (unpaired) electrons. The highest BCUT2D eigenvalue weighted by Crippen LogP contribution is 2.37. The van der Waals surface area contributed by atoms with Gasteiger partial charge in [0.15, 0.2) is 4.34 Å². The Balaban J connectivity index is 1.56. The molecule has 1 aromatic heterocycles. The van der Waals surface area contributed by atoms with Crippen LogP contribution in [0.15, 0.2) is 28.6 Å². The molecule has 1 heterocycles. The van der Waals surface area contributed by atoms with E-state index >= 15 is 0 Å². The Labute approximate surface area is 172 Å². The lowest BCUT2D eigenvalue weighted by Gasteiger charge is -2.15. The van der Waals surface area contributed by atoms with Crippen LogP contribution in [0.1, 0.15) is 26.7 Å². The van der Waals surface area contributed by atoms with Crippen LogP contribution in [-0.4, -0.2) is 39.7 Å². The number of aromatic nitrogens is 2. The number of hydrogen-bond acceptors (Lipinski definition) is 7. The van der Waals surface area contributed by atoms with Gasteiger partial charge in [-0.3, -0.25) is 14.5 Å². The zero-order valence-corrected chi connectivity index (χ0v) is 17.0. The van der Waals surface area contributed by atoms with E-state index in [1.54, 1.807) is 11.8 Å². The van der Waals surface area contributed by atoms with Crippen molar-refractivity contribution in [2.45, 2.75) is 48.7 Å². The molecule has 7 nitrogen and oxygen atoms in total. The van der Waals surface area contributed by atoms with Gasteiger partial charge in [0.05, 0.1) is 5.25 Å². The van der Waals surface area contributed by atoms with E-state index in [2.05, 4.69) is 20.3 Å². The SMILES string of the molecule is CC(=O)N(c1nnc(S[C@H](C)C(=O)Nc2ccc(OC(F)(F)F)cc2)s1)C1CC1.